The van der Waals surface area contributed by atoms with E-state index in [9.17, 15) is 14.7 Å². The molecule has 1 aliphatic heterocycles. The first-order valence-corrected chi connectivity index (χ1v) is 8.74. The van der Waals surface area contributed by atoms with Crippen molar-refractivity contribution >= 4 is 23.2 Å². The number of hydrogen-bond acceptors (Lipinski definition) is 6. The van der Waals surface area contributed by atoms with Crippen LogP contribution in [0.2, 0.25) is 0 Å². The third-order valence-electron chi connectivity index (χ3n) is 4.88. The Kier molecular flexibility index (Phi) is 3.76. The molecule has 1 amide bonds. The molecule has 8 heteroatoms. The van der Waals surface area contributed by atoms with Crippen molar-refractivity contribution in [3.8, 4) is 10.8 Å². The monoisotopic (exact) mass is 344 g/mol. The highest BCUT2D eigenvalue weighted by molar-refractivity contribution is 7.16. The Bertz CT molecular complexity index is 779. The van der Waals surface area contributed by atoms with E-state index in [1.54, 1.807) is 18.5 Å². The summed E-state index contributed by atoms with van der Waals surface area (Å²) in [5.74, 6) is -0.309. The molecule has 124 valence electrons. The highest BCUT2D eigenvalue weighted by Crippen LogP contribution is 2.43. The molecule has 2 fully saturated rings. The summed E-state index contributed by atoms with van der Waals surface area (Å²) < 4.78 is 0. The number of carboxylic acid groups (broad SMARTS) is 1. The van der Waals surface area contributed by atoms with Crippen LogP contribution in [0.1, 0.15) is 28.9 Å². The van der Waals surface area contributed by atoms with E-state index in [1.807, 2.05) is 0 Å². The van der Waals surface area contributed by atoms with E-state index in [0.29, 0.717) is 28.2 Å². The van der Waals surface area contributed by atoms with E-state index in [-0.39, 0.29) is 11.8 Å². The zero-order valence-corrected chi connectivity index (χ0v) is 13.6. The predicted molar refractivity (Wildman–Crippen MR) is 86.4 cm³/mol. The SMILES string of the molecule is O=C(O)C1C2CCCC2CN1C(=O)c1cnc(-c2ncccn2)s1. The average Bonchev–Trinajstić information content (AvgIpc) is 3.29. The molecule has 1 aliphatic carbocycles. The van der Waals surface area contributed by atoms with Crippen molar-refractivity contribution in [1.82, 2.24) is 19.9 Å². The molecule has 1 saturated heterocycles. The van der Waals surface area contributed by atoms with Crippen LogP contribution < -0.4 is 0 Å². The fourth-order valence-corrected chi connectivity index (χ4v) is 4.68. The van der Waals surface area contributed by atoms with Gasteiger partial charge in [0.1, 0.15) is 10.9 Å². The van der Waals surface area contributed by atoms with E-state index in [0.717, 1.165) is 19.3 Å². The molecule has 1 N–H and O–H groups in total. The van der Waals surface area contributed by atoms with Gasteiger partial charge in [0.15, 0.2) is 10.8 Å². The first-order chi connectivity index (χ1) is 11.6. The van der Waals surface area contributed by atoms with Gasteiger partial charge in [0.25, 0.3) is 5.91 Å². The lowest BCUT2D eigenvalue weighted by Crippen LogP contribution is -2.43. The van der Waals surface area contributed by atoms with E-state index < -0.39 is 12.0 Å². The van der Waals surface area contributed by atoms with Crippen molar-refractivity contribution < 1.29 is 14.7 Å². The van der Waals surface area contributed by atoms with Crippen molar-refractivity contribution in [3.63, 3.8) is 0 Å². The van der Waals surface area contributed by atoms with Crippen molar-refractivity contribution in [2.45, 2.75) is 25.3 Å². The number of aliphatic carboxylic acids is 1. The topological polar surface area (TPSA) is 96.3 Å². The third kappa shape index (κ3) is 2.47. The molecule has 3 atom stereocenters. The minimum atomic E-state index is -0.908. The Morgan fingerprint density at radius 2 is 2.00 bits per heavy atom. The number of hydrogen-bond donors (Lipinski definition) is 1. The molecule has 1 saturated carbocycles. The maximum atomic E-state index is 12.8. The number of aromatic nitrogens is 3. The maximum Gasteiger partial charge on any atom is 0.326 e. The summed E-state index contributed by atoms with van der Waals surface area (Å²) in [5, 5.41) is 10.1. The van der Waals surface area contributed by atoms with Gasteiger partial charge in [-0.15, -0.1) is 11.3 Å². The van der Waals surface area contributed by atoms with Crippen LogP contribution in [0.5, 0.6) is 0 Å². The Balaban J connectivity index is 1.60. The van der Waals surface area contributed by atoms with Gasteiger partial charge in [-0.05, 0) is 30.7 Å². The summed E-state index contributed by atoms with van der Waals surface area (Å²) in [6, 6.07) is 0.993. The van der Waals surface area contributed by atoms with E-state index >= 15 is 0 Å². The summed E-state index contributed by atoms with van der Waals surface area (Å²) in [4.78, 5) is 38.9. The predicted octanol–water partition coefficient (Wildman–Crippen LogP) is 1.93. The quantitative estimate of drug-likeness (QED) is 0.914. The van der Waals surface area contributed by atoms with Crippen molar-refractivity contribution in [3.05, 3.63) is 29.5 Å². The van der Waals surface area contributed by atoms with Gasteiger partial charge in [0, 0.05) is 18.9 Å². The second-order valence-corrected chi connectivity index (χ2v) is 7.23. The Morgan fingerprint density at radius 3 is 2.75 bits per heavy atom. The van der Waals surface area contributed by atoms with Crippen molar-refractivity contribution in [2.75, 3.05) is 6.54 Å². The first-order valence-electron chi connectivity index (χ1n) is 7.92. The molecule has 2 aromatic heterocycles. The molecule has 7 nitrogen and oxygen atoms in total. The van der Waals surface area contributed by atoms with Crippen molar-refractivity contribution in [1.29, 1.82) is 0 Å². The third-order valence-corrected chi connectivity index (χ3v) is 5.86. The van der Waals surface area contributed by atoms with Crippen LogP contribution in [0, 0.1) is 11.8 Å². The maximum absolute atomic E-state index is 12.8. The fraction of sp³-hybridized carbons (Fsp3) is 0.438. The molecular formula is C16H16N4O3S. The van der Waals surface area contributed by atoms with Crippen LogP contribution in [-0.2, 0) is 4.79 Å². The number of nitrogens with zero attached hydrogens (tertiary/aromatic N) is 4. The average molecular weight is 344 g/mol. The lowest BCUT2D eigenvalue weighted by Gasteiger charge is -2.23. The molecular weight excluding hydrogens is 328 g/mol. The normalized spacial score (nSPS) is 25.7. The molecule has 0 spiro atoms. The van der Waals surface area contributed by atoms with Gasteiger partial charge < -0.3 is 10.0 Å². The van der Waals surface area contributed by atoms with Crippen LogP contribution in [-0.4, -0.2) is 49.4 Å². The molecule has 2 aliphatic rings. The van der Waals surface area contributed by atoms with Crippen LogP contribution in [0.4, 0.5) is 0 Å². The largest absolute Gasteiger partial charge is 0.480 e. The number of rotatable bonds is 3. The zero-order valence-electron chi connectivity index (χ0n) is 12.8. The standard InChI is InChI=1S/C16H16N4O3S/c21-15(11-7-19-14(24-11)13-17-5-2-6-18-13)20-8-9-3-1-4-10(9)12(20)16(22)23/h2,5-7,9-10,12H,1,3-4,8H2,(H,22,23). The van der Waals surface area contributed by atoms with E-state index in [4.69, 9.17) is 0 Å². The van der Waals surface area contributed by atoms with Gasteiger partial charge in [0.2, 0.25) is 0 Å². The summed E-state index contributed by atoms with van der Waals surface area (Å²) in [6.45, 7) is 0.523. The molecule has 0 aromatic carbocycles. The smallest absolute Gasteiger partial charge is 0.326 e. The van der Waals surface area contributed by atoms with E-state index in [2.05, 4.69) is 15.0 Å². The minimum absolute atomic E-state index is 0.0799. The summed E-state index contributed by atoms with van der Waals surface area (Å²) >= 11 is 1.20. The number of thiazole rings is 1. The Labute approximate surface area is 142 Å². The van der Waals surface area contributed by atoms with Crippen LogP contribution in [0.25, 0.3) is 10.8 Å². The molecule has 24 heavy (non-hydrogen) atoms. The minimum Gasteiger partial charge on any atom is -0.480 e. The first kappa shape index (κ1) is 15.2. The Morgan fingerprint density at radius 1 is 1.21 bits per heavy atom. The Hall–Kier alpha value is -2.35. The molecule has 0 bridgehead atoms. The van der Waals surface area contributed by atoms with Gasteiger partial charge >= 0.3 is 5.97 Å². The molecule has 4 rings (SSSR count). The number of carbonyl (C=O) groups is 2. The van der Waals surface area contributed by atoms with Gasteiger partial charge in [-0.3, -0.25) is 4.79 Å². The number of carboxylic acids is 1. The molecule has 3 unspecified atom stereocenters. The van der Waals surface area contributed by atoms with Gasteiger partial charge in [-0.25, -0.2) is 19.7 Å². The summed E-state index contributed by atoms with van der Waals surface area (Å²) in [7, 11) is 0. The fourth-order valence-electron chi connectivity index (χ4n) is 3.86. The molecule has 2 aromatic rings. The van der Waals surface area contributed by atoms with Crippen LogP contribution in [0.15, 0.2) is 24.7 Å². The van der Waals surface area contributed by atoms with E-state index in [1.165, 1.54) is 22.4 Å². The second-order valence-electron chi connectivity index (χ2n) is 6.20. The van der Waals surface area contributed by atoms with Crippen LogP contribution >= 0.6 is 11.3 Å². The van der Waals surface area contributed by atoms with Crippen LogP contribution in [0.3, 0.4) is 0 Å². The van der Waals surface area contributed by atoms with Gasteiger partial charge in [-0.2, -0.15) is 0 Å². The number of fused-ring (bicyclic) bond motifs is 1. The number of amides is 1. The lowest BCUT2D eigenvalue weighted by atomic mass is 9.94. The number of likely N-dealkylation sites (tertiary alicyclic amines) is 1. The second kappa shape index (κ2) is 5.94. The van der Waals surface area contributed by atoms with Gasteiger partial charge in [-0.1, -0.05) is 6.42 Å². The zero-order chi connectivity index (χ0) is 16.7. The highest BCUT2D eigenvalue weighted by atomic mass is 32.1. The number of carbonyl (C=O) groups excluding carboxylic acids is 1. The summed E-state index contributed by atoms with van der Waals surface area (Å²) in [5.41, 5.74) is 0. The molecule has 0 radical (unpaired) electrons. The van der Waals surface area contributed by atoms with Crippen molar-refractivity contribution in [2.24, 2.45) is 11.8 Å². The summed E-state index contributed by atoms with van der Waals surface area (Å²) in [6.07, 6.45) is 7.67. The highest BCUT2D eigenvalue weighted by Gasteiger charge is 2.49. The molecule has 3 heterocycles. The lowest BCUT2D eigenvalue weighted by molar-refractivity contribution is -0.142. The van der Waals surface area contributed by atoms with Gasteiger partial charge in [0.05, 0.1) is 6.20 Å².